The molecule has 1 N–H and O–H groups in total. The van der Waals surface area contributed by atoms with Crippen molar-refractivity contribution < 1.29 is 4.79 Å². The molecule has 5 rings (SSSR count). The van der Waals surface area contributed by atoms with E-state index in [4.69, 9.17) is 0 Å². The predicted octanol–water partition coefficient (Wildman–Crippen LogP) is 7.38. The number of thioether (sulfide) groups is 1. The predicted molar refractivity (Wildman–Crippen MR) is 144 cm³/mol. The molecule has 0 saturated heterocycles. The maximum atomic E-state index is 13.4. The van der Waals surface area contributed by atoms with Gasteiger partial charge in [-0.1, -0.05) is 78.5 Å². The number of nitrogens with zero attached hydrogens (tertiary/aromatic N) is 2. The Morgan fingerprint density at radius 3 is 2.20 bits per heavy atom. The van der Waals surface area contributed by atoms with Crippen LogP contribution in [0.4, 0.5) is 5.82 Å². The number of hydrogen-bond acceptors (Lipinski definition) is 4. The normalized spacial score (nSPS) is 11.1. The number of carbonyl (C=O) groups is 1. The summed E-state index contributed by atoms with van der Waals surface area (Å²) in [6.07, 6.45) is 1.73. The van der Waals surface area contributed by atoms with Crippen LogP contribution in [0.5, 0.6) is 0 Å². The van der Waals surface area contributed by atoms with Gasteiger partial charge in [0, 0.05) is 11.6 Å². The average Bonchev–Trinajstić information content (AvgIpc) is 2.88. The van der Waals surface area contributed by atoms with Gasteiger partial charge >= 0.3 is 0 Å². The number of amides is 1. The lowest BCUT2D eigenvalue weighted by atomic mass is 10.0. The van der Waals surface area contributed by atoms with E-state index in [9.17, 15) is 4.79 Å². The third kappa shape index (κ3) is 5.10. The molecule has 0 aliphatic carbocycles. The number of fused-ring (bicyclic) bond motifs is 1. The lowest BCUT2D eigenvalue weighted by Crippen LogP contribution is -2.15. The molecular weight excluding hydrogens is 450 g/mol. The molecule has 0 aliphatic rings. The summed E-state index contributed by atoms with van der Waals surface area (Å²) in [7, 11) is 0. The zero-order chi connectivity index (χ0) is 24.2. The monoisotopic (exact) mass is 475 g/mol. The lowest BCUT2D eigenvalue weighted by Gasteiger charge is -2.18. The highest BCUT2D eigenvalue weighted by Gasteiger charge is 2.21. The molecule has 35 heavy (non-hydrogen) atoms. The Kier molecular flexibility index (Phi) is 6.59. The molecule has 0 spiro atoms. The van der Waals surface area contributed by atoms with Crippen molar-refractivity contribution in [3.05, 3.63) is 131 Å². The van der Waals surface area contributed by atoms with Gasteiger partial charge in [0.2, 0.25) is 0 Å². The number of benzene rings is 3. The van der Waals surface area contributed by atoms with Crippen molar-refractivity contribution in [3.8, 4) is 0 Å². The summed E-state index contributed by atoms with van der Waals surface area (Å²) in [5.74, 6) is 0.298. The van der Waals surface area contributed by atoms with Crippen molar-refractivity contribution in [2.45, 2.75) is 24.1 Å². The Morgan fingerprint density at radius 2 is 1.51 bits per heavy atom. The van der Waals surface area contributed by atoms with Gasteiger partial charge in [0.15, 0.2) is 0 Å². The van der Waals surface area contributed by atoms with Crippen LogP contribution in [0.2, 0.25) is 0 Å². The Bertz CT molecular complexity index is 1450. The SMILES string of the molecule is Cc1cc(C)c2ccc(NC(=O)c3cccnc3SC(c3ccccc3)c3ccccc3)nc2c1. The second kappa shape index (κ2) is 10.1. The van der Waals surface area contributed by atoms with Crippen molar-refractivity contribution in [3.63, 3.8) is 0 Å². The number of rotatable bonds is 6. The third-order valence-corrected chi connectivity index (χ3v) is 7.18. The van der Waals surface area contributed by atoms with E-state index in [2.05, 4.69) is 59.5 Å². The lowest BCUT2D eigenvalue weighted by molar-refractivity contribution is 0.102. The van der Waals surface area contributed by atoms with Gasteiger partial charge in [-0.15, -0.1) is 0 Å². The first kappa shape index (κ1) is 22.8. The Hall–Kier alpha value is -3.96. The van der Waals surface area contributed by atoms with E-state index in [1.807, 2.05) is 60.7 Å². The fraction of sp³-hybridized carbons (Fsp3) is 0.100. The second-order valence-electron chi connectivity index (χ2n) is 8.47. The van der Waals surface area contributed by atoms with E-state index in [0.717, 1.165) is 27.6 Å². The first-order valence-corrected chi connectivity index (χ1v) is 12.4. The average molecular weight is 476 g/mol. The van der Waals surface area contributed by atoms with Crippen molar-refractivity contribution >= 4 is 34.4 Å². The van der Waals surface area contributed by atoms with Crippen LogP contribution >= 0.6 is 11.8 Å². The number of aryl methyl sites for hydroxylation is 2. The smallest absolute Gasteiger partial charge is 0.259 e. The Morgan fingerprint density at radius 1 is 0.829 bits per heavy atom. The summed E-state index contributed by atoms with van der Waals surface area (Å²) < 4.78 is 0. The standard InChI is InChI=1S/C30H25N3OS/c1-20-18-21(2)24-15-16-27(32-26(24)19-20)33-29(34)25-14-9-17-31-30(25)35-28(22-10-5-3-6-11-22)23-12-7-4-8-13-23/h3-19,28H,1-2H3,(H,32,33,34). The molecule has 2 aromatic heterocycles. The highest BCUT2D eigenvalue weighted by molar-refractivity contribution is 7.99. The number of carbonyl (C=O) groups excluding carboxylic acids is 1. The van der Waals surface area contributed by atoms with Crippen LogP contribution in [0.25, 0.3) is 10.9 Å². The molecule has 4 nitrogen and oxygen atoms in total. The van der Waals surface area contributed by atoms with Crippen LogP contribution in [-0.4, -0.2) is 15.9 Å². The van der Waals surface area contributed by atoms with Crippen molar-refractivity contribution in [2.24, 2.45) is 0 Å². The van der Waals surface area contributed by atoms with Crippen LogP contribution in [0.15, 0.2) is 108 Å². The molecular formula is C30H25N3OS. The minimum absolute atomic E-state index is 0.00333. The number of pyridine rings is 2. The van der Waals surface area contributed by atoms with Gasteiger partial charge in [-0.2, -0.15) is 0 Å². The van der Waals surface area contributed by atoms with Gasteiger partial charge in [-0.05, 0) is 66.4 Å². The van der Waals surface area contributed by atoms with E-state index < -0.39 is 0 Å². The molecule has 0 radical (unpaired) electrons. The first-order chi connectivity index (χ1) is 17.1. The molecule has 3 aromatic carbocycles. The Balaban J connectivity index is 1.45. The highest BCUT2D eigenvalue weighted by Crippen LogP contribution is 2.40. The summed E-state index contributed by atoms with van der Waals surface area (Å²) in [5, 5.41) is 4.74. The van der Waals surface area contributed by atoms with Crippen LogP contribution < -0.4 is 5.32 Å². The molecule has 2 heterocycles. The van der Waals surface area contributed by atoms with E-state index in [-0.39, 0.29) is 11.2 Å². The molecule has 0 bridgehead atoms. The highest BCUT2D eigenvalue weighted by atomic mass is 32.2. The molecule has 1 amide bonds. The molecule has 5 aromatic rings. The van der Waals surface area contributed by atoms with E-state index in [0.29, 0.717) is 16.4 Å². The molecule has 0 aliphatic heterocycles. The fourth-order valence-electron chi connectivity index (χ4n) is 4.20. The topological polar surface area (TPSA) is 54.9 Å². The summed E-state index contributed by atoms with van der Waals surface area (Å²) >= 11 is 1.57. The third-order valence-electron chi connectivity index (χ3n) is 5.85. The second-order valence-corrected chi connectivity index (χ2v) is 9.57. The van der Waals surface area contributed by atoms with Gasteiger partial charge in [-0.25, -0.2) is 9.97 Å². The summed E-state index contributed by atoms with van der Waals surface area (Å²) in [6.45, 7) is 4.12. The molecule has 0 saturated carbocycles. The van der Waals surface area contributed by atoms with Gasteiger partial charge in [0.05, 0.1) is 16.3 Å². The Labute approximate surface area is 209 Å². The molecule has 0 atom stereocenters. The van der Waals surface area contributed by atoms with Crippen molar-refractivity contribution in [1.29, 1.82) is 0 Å². The zero-order valence-electron chi connectivity index (χ0n) is 19.6. The van der Waals surface area contributed by atoms with Crippen LogP contribution in [0.3, 0.4) is 0 Å². The quantitative estimate of drug-likeness (QED) is 0.260. The van der Waals surface area contributed by atoms with Crippen LogP contribution in [0, 0.1) is 13.8 Å². The van der Waals surface area contributed by atoms with Crippen molar-refractivity contribution in [1.82, 2.24) is 9.97 Å². The molecule has 172 valence electrons. The van der Waals surface area contributed by atoms with Crippen LogP contribution in [-0.2, 0) is 0 Å². The van der Waals surface area contributed by atoms with Gasteiger partial charge in [0.25, 0.3) is 5.91 Å². The number of aromatic nitrogens is 2. The first-order valence-electron chi connectivity index (χ1n) is 11.5. The van der Waals surface area contributed by atoms with Gasteiger partial charge in [-0.3, -0.25) is 4.79 Å². The van der Waals surface area contributed by atoms with Crippen molar-refractivity contribution in [2.75, 3.05) is 5.32 Å². The largest absolute Gasteiger partial charge is 0.306 e. The molecule has 0 fully saturated rings. The van der Waals surface area contributed by atoms with E-state index in [1.165, 1.54) is 5.56 Å². The van der Waals surface area contributed by atoms with Crippen LogP contribution in [0.1, 0.15) is 37.9 Å². The fourth-order valence-corrected chi connectivity index (χ4v) is 5.42. The summed E-state index contributed by atoms with van der Waals surface area (Å²) in [5.41, 5.74) is 6.02. The maximum Gasteiger partial charge on any atom is 0.259 e. The summed E-state index contributed by atoms with van der Waals surface area (Å²) in [6, 6.07) is 32.2. The zero-order valence-corrected chi connectivity index (χ0v) is 20.4. The summed E-state index contributed by atoms with van der Waals surface area (Å²) in [4.78, 5) is 22.6. The molecule has 0 unspecified atom stereocenters. The van der Waals surface area contributed by atoms with E-state index >= 15 is 0 Å². The van der Waals surface area contributed by atoms with Gasteiger partial charge in [0.1, 0.15) is 10.8 Å². The minimum atomic E-state index is -0.225. The maximum absolute atomic E-state index is 13.4. The van der Waals surface area contributed by atoms with Gasteiger partial charge < -0.3 is 5.32 Å². The number of hydrogen-bond donors (Lipinski definition) is 1. The van der Waals surface area contributed by atoms with E-state index in [1.54, 1.807) is 24.0 Å². The minimum Gasteiger partial charge on any atom is -0.306 e. The number of anilines is 1. The number of nitrogens with one attached hydrogen (secondary N) is 1. The molecule has 5 heteroatoms.